The number of hydrogen-bond donors (Lipinski definition) is 1. The second kappa shape index (κ2) is 8.46. The fraction of sp³-hybridized carbons (Fsp3) is 0.200. The van der Waals surface area contributed by atoms with Crippen LogP contribution in [0.1, 0.15) is 21.7 Å². The van der Waals surface area contributed by atoms with Gasteiger partial charge in [-0.1, -0.05) is 58.7 Å². The van der Waals surface area contributed by atoms with E-state index in [2.05, 4.69) is 10.5 Å². The number of methoxy groups -OCH3 is 1. The molecule has 5 nitrogen and oxygen atoms in total. The zero-order valence-corrected chi connectivity index (χ0v) is 16.4. The van der Waals surface area contributed by atoms with Crippen molar-refractivity contribution < 1.29 is 14.1 Å². The van der Waals surface area contributed by atoms with Gasteiger partial charge in [0.2, 0.25) is 0 Å². The maximum absolute atomic E-state index is 12.7. The van der Waals surface area contributed by atoms with Gasteiger partial charge >= 0.3 is 0 Å². The topological polar surface area (TPSA) is 64.4 Å². The van der Waals surface area contributed by atoms with Gasteiger partial charge in [0.05, 0.1) is 17.2 Å². The minimum Gasteiger partial charge on any atom is -0.494 e. The monoisotopic (exact) mass is 404 g/mol. The van der Waals surface area contributed by atoms with Gasteiger partial charge < -0.3 is 14.6 Å². The van der Waals surface area contributed by atoms with E-state index in [0.29, 0.717) is 44.9 Å². The van der Waals surface area contributed by atoms with E-state index in [1.54, 1.807) is 19.1 Å². The Morgan fingerprint density at radius 2 is 1.85 bits per heavy atom. The summed E-state index contributed by atoms with van der Waals surface area (Å²) < 4.78 is 10.4. The summed E-state index contributed by atoms with van der Waals surface area (Å²) in [5, 5.41) is 7.58. The largest absolute Gasteiger partial charge is 0.494 e. The van der Waals surface area contributed by atoms with Crippen LogP contribution >= 0.6 is 23.2 Å². The number of nitrogens with zero attached hydrogens (tertiary/aromatic N) is 1. The first-order valence-electron chi connectivity index (χ1n) is 8.33. The number of aromatic nitrogens is 1. The minimum atomic E-state index is -0.261. The van der Waals surface area contributed by atoms with Crippen LogP contribution in [0.5, 0.6) is 5.75 Å². The number of nitrogens with one attached hydrogen (secondary N) is 1. The van der Waals surface area contributed by atoms with E-state index in [1.165, 1.54) is 7.11 Å². The number of hydrogen-bond acceptors (Lipinski definition) is 4. The summed E-state index contributed by atoms with van der Waals surface area (Å²) in [7, 11) is 1.48. The minimum absolute atomic E-state index is 0.261. The number of carbonyl (C=O) groups is 1. The van der Waals surface area contributed by atoms with Crippen LogP contribution in [0.3, 0.4) is 0 Å². The molecule has 0 atom stereocenters. The fourth-order valence-electron chi connectivity index (χ4n) is 2.78. The van der Waals surface area contributed by atoms with Crippen molar-refractivity contribution in [3.63, 3.8) is 0 Å². The number of halogens is 2. The fourth-order valence-corrected chi connectivity index (χ4v) is 3.42. The lowest BCUT2D eigenvalue weighted by molar-refractivity contribution is 0.0953. The molecule has 2 aromatic carbocycles. The maximum atomic E-state index is 12.7. The summed E-state index contributed by atoms with van der Waals surface area (Å²) in [6.07, 6.45) is 0.729. The van der Waals surface area contributed by atoms with Gasteiger partial charge in [-0.05, 0) is 31.0 Å². The SMILES string of the molecule is COc1c(Cl)cc(-c2noc(C)c2C(=O)NCCc2ccccc2)cc1Cl. The van der Waals surface area contributed by atoms with Crippen LogP contribution in [0, 0.1) is 6.92 Å². The second-order valence-corrected chi connectivity index (χ2v) is 6.74. The molecule has 1 heterocycles. The van der Waals surface area contributed by atoms with Gasteiger partial charge in [0, 0.05) is 12.1 Å². The van der Waals surface area contributed by atoms with Crippen LogP contribution in [0.15, 0.2) is 47.0 Å². The van der Waals surface area contributed by atoms with Gasteiger partial charge in [0.25, 0.3) is 5.91 Å². The molecule has 0 unspecified atom stereocenters. The molecule has 0 saturated heterocycles. The molecule has 140 valence electrons. The number of carbonyl (C=O) groups excluding carboxylic acids is 1. The zero-order valence-electron chi connectivity index (χ0n) is 14.9. The number of aryl methyl sites for hydroxylation is 1. The molecule has 0 radical (unpaired) electrons. The van der Waals surface area contributed by atoms with Gasteiger partial charge in [-0.3, -0.25) is 4.79 Å². The molecule has 7 heteroatoms. The van der Waals surface area contributed by atoms with Crippen molar-refractivity contribution in [2.45, 2.75) is 13.3 Å². The molecule has 3 rings (SSSR count). The molecule has 0 aliphatic rings. The highest BCUT2D eigenvalue weighted by Crippen LogP contribution is 2.38. The Balaban J connectivity index is 1.81. The number of ether oxygens (including phenoxy) is 1. The molecule has 3 aromatic rings. The van der Waals surface area contributed by atoms with Crippen LogP contribution in [0.2, 0.25) is 10.0 Å². The van der Waals surface area contributed by atoms with Crippen molar-refractivity contribution in [2.24, 2.45) is 0 Å². The van der Waals surface area contributed by atoms with Gasteiger partial charge in [-0.15, -0.1) is 0 Å². The summed E-state index contributed by atoms with van der Waals surface area (Å²) in [6.45, 7) is 2.19. The van der Waals surface area contributed by atoms with Crippen molar-refractivity contribution in [3.8, 4) is 17.0 Å². The van der Waals surface area contributed by atoms with E-state index in [-0.39, 0.29) is 5.91 Å². The first-order chi connectivity index (χ1) is 13.0. The third kappa shape index (κ3) is 4.26. The Morgan fingerprint density at radius 3 is 2.48 bits per heavy atom. The molecule has 0 aliphatic heterocycles. The van der Waals surface area contributed by atoms with E-state index < -0.39 is 0 Å². The first-order valence-corrected chi connectivity index (χ1v) is 9.08. The van der Waals surface area contributed by atoms with E-state index >= 15 is 0 Å². The normalized spacial score (nSPS) is 10.7. The van der Waals surface area contributed by atoms with E-state index in [9.17, 15) is 4.79 Å². The molecule has 0 saturated carbocycles. The lowest BCUT2D eigenvalue weighted by atomic mass is 10.1. The van der Waals surface area contributed by atoms with Gasteiger partial charge in [0.15, 0.2) is 5.75 Å². The van der Waals surface area contributed by atoms with Crippen molar-refractivity contribution in [1.29, 1.82) is 0 Å². The lowest BCUT2D eigenvalue weighted by Gasteiger charge is -2.09. The molecule has 0 bridgehead atoms. The van der Waals surface area contributed by atoms with Crippen molar-refractivity contribution >= 4 is 29.1 Å². The quantitative estimate of drug-likeness (QED) is 0.631. The van der Waals surface area contributed by atoms with Crippen molar-refractivity contribution in [2.75, 3.05) is 13.7 Å². The van der Waals surface area contributed by atoms with Crippen LogP contribution < -0.4 is 10.1 Å². The average molecular weight is 405 g/mol. The van der Waals surface area contributed by atoms with Crippen molar-refractivity contribution in [3.05, 3.63) is 69.4 Å². The first kappa shape index (κ1) is 19.3. The number of amides is 1. The molecule has 0 fully saturated rings. The summed E-state index contributed by atoms with van der Waals surface area (Å²) in [4.78, 5) is 12.7. The molecule has 0 aliphatic carbocycles. The van der Waals surface area contributed by atoms with Crippen LogP contribution in [-0.2, 0) is 6.42 Å². The van der Waals surface area contributed by atoms with Crippen LogP contribution in [0.4, 0.5) is 0 Å². The Labute approximate surface area is 167 Å². The number of benzene rings is 2. The van der Waals surface area contributed by atoms with Crippen LogP contribution in [-0.4, -0.2) is 24.7 Å². The number of rotatable bonds is 6. The summed E-state index contributed by atoms with van der Waals surface area (Å²) >= 11 is 12.4. The summed E-state index contributed by atoms with van der Waals surface area (Å²) in [5.41, 5.74) is 2.47. The molecule has 1 N–H and O–H groups in total. The molecule has 1 aromatic heterocycles. The highest BCUT2D eigenvalue weighted by atomic mass is 35.5. The molecule has 27 heavy (non-hydrogen) atoms. The Bertz CT molecular complexity index is 932. The third-order valence-electron chi connectivity index (χ3n) is 4.11. The lowest BCUT2D eigenvalue weighted by Crippen LogP contribution is -2.26. The smallest absolute Gasteiger partial charge is 0.257 e. The maximum Gasteiger partial charge on any atom is 0.257 e. The van der Waals surface area contributed by atoms with E-state index in [1.807, 2.05) is 30.3 Å². The predicted octanol–water partition coefficient (Wildman–Crippen LogP) is 4.94. The summed E-state index contributed by atoms with van der Waals surface area (Å²) in [6, 6.07) is 13.2. The standard InChI is InChI=1S/C20H18Cl2N2O3/c1-12-17(20(25)23-9-8-13-6-4-3-5-7-13)18(24-27-12)14-10-15(21)19(26-2)16(22)11-14/h3-7,10-11H,8-9H2,1-2H3,(H,23,25). The summed E-state index contributed by atoms with van der Waals surface area (Å²) in [5.74, 6) is 0.532. The van der Waals surface area contributed by atoms with Crippen LogP contribution in [0.25, 0.3) is 11.3 Å². The third-order valence-corrected chi connectivity index (χ3v) is 4.67. The van der Waals surface area contributed by atoms with Gasteiger partial charge in [0.1, 0.15) is 17.0 Å². The Kier molecular flexibility index (Phi) is 6.04. The van der Waals surface area contributed by atoms with Gasteiger partial charge in [-0.2, -0.15) is 0 Å². The molecular weight excluding hydrogens is 387 g/mol. The molecule has 0 spiro atoms. The predicted molar refractivity (Wildman–Crippen MR) is 106 cm³/mol. The highest BCUT2D eigenvalue weighted by Gasteiger charge is 2.23. The average Bonchev–Trinajstić information content (AvgIpc) is 3.04. The van der Waals surface area contributed by atoms with Crippen molar-refractivity contribution in [1.82, 2.24) is 10.5 Å². The van der Waals surface area contributed by atoms with Gasteiger partial charge in [-0.25, -0.2) is 0 Å². The zero-order chi connectivity index (χ0) is 19.4. The highest BCUT2D eigenvalue weighted by molar-refractivity contribution is 6.37. The second-order valence-electron chi connectivity index (χ2n) is 5.93. The van der Waals surface area contributed by atoms with E-state index in [4.69, 9.17) is 32.5 Å². The van der Waals surface area contributed by atoms with E-state index in [0.717, 1.165) is 12.0 Å². The Morgan fingerprint density at radius 1 is 1.19 bits per heavy atom. The molecule has 1 amide bonds. The Hall–Kier alpha value is -2.50. The molecular formula is C20H18Cl2N2O3.